The van der Waals surface area contributed by atoms with Crippen LogP contribution in [0.4, 0.5) is 0 Å². The molecule has 0 saturated carbocycles. The summed E-state index contributed by atoms with van der Waals surface area (Å²) in [6.45, 7) is 3.20. The zero-order chi connectivity index (χ0) is 18.7. The highest BCUT2D eigenvalue weighted by atomic mass is 16.5. The van der Waals surface area contributed by atoms with Crippen LogP contribution < -0.4 is 9.47 Å². The molecule has 1 heterocycles. The highest BCUT2D eigenvalue weighted by Gasteiger charge is 2.15. The third-order valence-electron chi connectivity index (χ3n) is 4.27. The van der Waals surface area contributed by atoms with Gasteiger partial charge in [0.1, 0.15) is 5.52 Å². The van der Waals surface area contributed by atoms with E-state index in [1.165, 1.54) is 0 Å². The summed E-state index contributed by atoms with van der Waals surface area (Å²) in [6.07, 6.45) is 0. The van der Waals surface area contributed by atoms with Crippen LogP contribution in [0.2, 0.25) is 0 Å². The number of aryl methyl sites for hydroxylation is 1. The van der Waals surface area contributed by atoms with Crippen LogP contribution in [0, 0.1) is 0 Å². The fraction of sp³-hybridized carbons (Fsp3) is 0.316. The molecule has 0 fully saturated rings. The average Bonchev–Trinajstić information content (AvgIpc) is 3.09. The third kappa shape index (κ3) is 3.33. The Kier molecular flexibility index (Phi) is 5.06. The van der Waals surface area contributed by atoms with Gasteiger partial charge in [0.05, 0.1) is 19.7 Å². The maximum absolute atomic E-state index is 12.8. The Hall–Kier alpha value is -3.09. The van der Waals surface area contributed by atoms with Crippen molar-refractivity contribution in [3.63, 3.8) is 0 Å². The summed E-state index contributed by atoms with van der Waals surface area (Å²) in [5, 5.41) is 8.21. The van der Waals surface area contributed by atoms with Crippen LogP contribution >= 0.6 is 0 Å². The summed E-state index contributed by atoms with van der Waals surface area (Å²) in [5.41, 5.74) is 3.18. The number of benzene rings is 2. The van der Waals surface area contributed by atoms with Crippen LogP contribution in [0.3, 0.4) is 0 Å². The lowest BCUT2D eigenvalue weighted by Crippen LogP contribution is -2.26. The Labute approximate surface area is 152 Å². The Balaban J connectivity index is 1.79. The lowest BCUT2D eigenvalue weighted by Gasteiger charge is -2.18. The number of hydrogen-bond donors (Lipinski definition) is 0. The smallest absolute Gasteiger partial charge is 0.253 e. The number of rotatable bonds is 6. The van der Waals surface area contributed by atoms with E-state index in [1.54, 1.807) is 36.9 Å². The topological polar surface area (TPSA) is 69.5 Å². The van der Waals surface area contributed by atoms with Gasteiger partial charge < -0.3 is 14.4 Å². The van der Waals surface area contributed by atoms with Gasteiger partial charge in [-0.25, -0.2) is 4.68 Å². The SMILES string of the molecule is CCn1nnc2cc(C(=O)N(C)Cc3ccc(OC)c(OC)c3)ccc21. The van der Waals surface area contributed by atoms with Crippen LogP contribution in [0.15, 0.2) is 36.4 Å². The number of carbonyl (C=O) groups excluding carboxylic acids is 1. The molecular weight excluding hydrogens is 332 g/mol. The largest absolute Gasteiger partial charge is 0.493 e. The molecule has 1 amide bonds. The number of fused-ring (bicyclic) bond motifs is 1. The summed E-state index contributed by atoms with van der Waals surface area (Å²) in [7, 11) is 4.96. The van der Waals surface area contributed by atoms with Crippen molar-refractivity contribution >= 4 is 16.9 Å². The van der Waals surface area contributed by atoms with Crippen molar-refractivity contribution in [2.75, 3.05) is 21.3 Å². The second-order valence-electron chi connectivity index (χ2n) is 5.96. The molecule has 0 spiro atoms. The lowest BCUT2D eigenvalue weighted by molar-refractivity contribution is 0.0785. The molecule has 0 atom stereocenters. The maximum Gasteiger partial charge on any atom is 0.253 e. The molecule has 0 saturated heterocycles. The number of ether oxygens (including phenoxy) is 2. The molecule has 26 heavy (non-hydrogen) atoms. The van der Waals surface area contributed by atoms with E-state index < -0.39 is 0 Å². The van der Waals surface area contributed by atoms with Crippen molar-refractivity contribution < 1.29 is 14.3 Å². The van der Waals surface area contributed by atoms with E-state index in [-0.39, 0.29) is 5.91 Å². The molecule has 1 aromatic heterocycles. The van der Waals surface area contributed by atoms with Gasteiger partial charge in [0.25, 0.3) is 5.91 Å². The van der Waals surface area contributed by atoms with Crippen molar-refractivity contribution in [1.82, 2.24) is 19.9 Å². The van der Waals surface area contributed by atoms with Gasteiger partial charge in [-0.3, -0.25) is 4.79 Å². The second-order valence-corrected chi connectivity index (χ2v) is 5.96. The minimum atomic E-state index is -0.0762. The number of amides is 1. The first-order valence-electron chi connectivity index (χ1n) is 8.37. The van der Waals surface area contributed by atoms with E-state index in [1.807, 2.05) is 37.3 Å². The van der Waals surface area contributed by atoms with Crippen LogP contribution in [0.5, 0.6) is 11.5 Å². The number of hydrogen-bond acceptors (Lipinski definition) is 5. The first kappa shape index (κ1) is 17.7. The second kappa shape index (κ2) is 7.43. The molecule has 136 valence electrons. The first-order chi connectivity index (χ1) is 12.6. The van der Waals surface area contributed by atoms with Crippen molar-refractivity contribution in [2.24, 2.45) is 0 Å². The average molecular weight is 354 g/mol. The lowest BCUT2D eigenvalue weighted by atomic mass is 10.1. The molecule has 7 nitrogen and oxygen atoms in total. The van der Waals surface area contributed by atoms with Crippen LogP contribution in [0.1, 0.15) is 22.8 Å². The van der Waals surface area contributed by atoms with E-state index >= 15 is 0 Å². The van der Waals surface area contributed by atoms with Gasteiger partial charge >= 0.3 is 0 Å². The molecule has 3 aromatic rings. The molecule has 0 bridgehead atoms. The number of methoxy groups -OCH3 is 2. The summed E-state index contributed by atoms with van der Waals surface area (Å²) in [5.74, 6) is 1.23. The van der Waals surface area contributed by atoms with Gasteiger partial charge in [0.15, 0.2) is 11.5 Å². The van der Waals surface area contributed by atoms with Gasteiger partial charge in [-0.1, -0.05) is 11.3 Å². The molecule has 0 aliphatic rings. The van der Waals surface area contributed by atoms with Crippen molar-refractivity contribution in [3.05, 3.63) is 47.5 Å². The van der Waals surface area contributed by atoms with Crippen molar-refractivity contribution in [2.45, 2.75) is 20.0 Å². The maximum atomic E-state index is 12.8. The molecule has 7 heteroatoms. The molecule has 0 unspecified atom stereocenters. The van der Waals surface area contributed by atoms with Crippen molar-refractivity contribution in [1.29, 1.82) is 0 Å². The molecular formula is C19H22N4O3. The number of nitrogens with zero attached hydrogens (tertiary/aromatic N) is 4. The number of aromatic nitrogens is 3. The van der Waals surface area contributed by atoms with Crippen LogP contribution in [-0.4, -0.2) is 47.1 Å². The van der Waals surface area contributed by atoms with Crippen LogP contribution in [0.25, 0.3) is 11.0 Å². The van der Waals surface area contributed by atoms with Gasteiger partial charge in [-0.15, -0.1) is 5.10 Å². The highest BCUT2D eigenvalue weighted by Crippen LogP contribution is 2.28. The molecule has 2 aromatic carbocycles. The van der Waals surface area contributed by atoms with Gasteiger partial charge in [0.2, 0.25) is 0 Å². The predicted molar refractivity (Wildman–Crippen MR) is 98.5 cm³/mol. The Morgan fingerprint density at radius 3 is 2.58 bits per heavy atom. The van der Waals surface area contributed by atoms with Gasteiger partial charge in [-0.05, 0) is 42.8 Å². The minimum absolute atomic E-state index is 0.0762. The van der Waals surface area contributed by atoms with Gasteiger partial charge in [0, 0.05) is 25.7 Å². The van der Waals surface area contributed by atoms with E-state index in [4.69, 9.17) is 9.47 Å². The Morgan fingerprint density at radius 1 is 1.12 bits per heavy atom. The molecule has 0 radical (unpaired) electrons. The van der Waals surface area contributed by atoms with E-state index in [0.717, 1.165) is 23.1 Å². The van der Waals surface area contributed by atoms with E-state index in [2.05, 4.69) is 10.3 Å². The van der Waals surface area contributed by atoms with Gasteiger partial charge in [-0.2, -0.15) is 0 Å². The highest BCUT2D eigenvalue weighted by molar-refractivity contribution is 5.97. The van der Waals surface area contributed by atoms with E-state index in [9.17, 15) is 4.79 Å². The molecule has 0 aliphatic carbocycles. The summed E-state index contributed by atoms with van der Waals surface area (Å²) in [6, 6.07) is 11.1. The fourth-order valence-electron chi connectivity index (χ4n) is 2.88. The first-order valence-corrected chi connectivity index (χ1v) is 8.37. The monoisotopic (exact) mass is 354 g/mol. The number of carbonyl (C=O) groups is 1. The molecule has 0 aliphatic heterocycles. The van der Waals surface area contributed by atoms with E-state index in [0.29, 0.717) is 23.6 Å². The normalized spacial score (nSPS) is 10.8. The summed E-state index contributed by atoms with van der Waals surface area (Å²) >= 11 is 0. The molecule has 3 rings (SSSR count). The third-order valence-corrected chi connectivity index (χ3v) is 4.27. The molecule has 0 N–H and O–H groups in total. The van der Waals surface area contributed by atoms with Crippen LogP contribution in [-0.2, 0) is 13.1 Å². The zero-order valence-corrected chi connectivity index (χ0v) is 15.4. The Bertz CT molecular complexity index is 936. The summed E-state index contributed by atoms with van der Waals surface area (Å²) in [4.78, 5) is 14.4. The zero-order valence-electron chi connectivity index (χ0n) is 15.4. The fourth-order valence-corrected chi connectivity index (χ4v) is 2.88. The standard InChI is InChI=1S/C19H22N4O3/c1-5-23-16-8-7-14(11-15(16)20-21-23)19(24)22(2)12-13-6-9-17(25-3)18(10-13)26-4/h6-11H,5,12H2,1-4H3. The van der Waals surface area contributed by atoms with Crippen molar-refractivity contribution in [3.8, 4) is 11.5 Å². The Morgan fingerprint density at radius 2 is 1.88 bits per heavy atom. The quantitative estimate of drug-likeness (QED) is 0.681. The minimum Gasteiger partial charge on any atom is -0.493 e. The predicted octanol–water partition coefficient (Wildman–Crippen LogP) is 2.74. The summed E-state index contributed by atoms with van der Waals surface area (Å²) < 4.78 is 12.4.